The van der Waals surface area contributed by atoms with E-state index in [9.17, 15) is 4.39 Å². The van der Waals surface area contributed by atoms with Gasteiger partial charge < -0.3 is 15.4 Å². The summed E-state index contributed by atoms with van der Waals surface area (Å²) in [6.45, 7) is 8.14. The SMILES string of the molecule is CCNC(=NCC(C)Oc1ccc(F)cc1)NCC. The van der Waals surface area contributed by atoms with Gasteiger partial charge in [0, 0.05) is 13.1 Å². The third-order valence-electron chi connectivity index (χ3n) is 2.35. The minimum atomic E-state index is -0.264. The van der Waals surface area contributed by atoms with Gasteiger partial charge in [-0.1, -0.05) is 0 Å². The molecule has 0 spiro atoms. The summed E-state index contributed by atoms with van der Waals surface area (Å²) in [5.41, 5.74) is 0. The van der Waals surface area contributed by atoms with Crippen LogP contribution in [0.5, 0.6) is 5.75 Å². The molecular weight excluding hydrogens is 245 g/mol. The quantitative estimate of drug-likeness (QED) is 0.613. The molecule has 0 amide bonds. The zero-order valence-corrected chi connectivity index (χ0v) is 11.7. The van der Waals surface area contributed by atoms with Gasteiger partial charge in [0.1, 0.15) is 17.7 Å². The molecule has 0 aromatic heterocycles. The summed E-state index contributed by atoms with van der Waals surface area (Å²) in [5, 5.41) is 6.29. The second-order valence-electron chi connectivity index (χ2n) is 4.13. The number of rotatable bonds is 6. The Hall–Kier alpha value is -1.78. The molecule has 1 aromatic rings. The van der Waals surface area contributed by atoms with Crippen molar-refractivity contribution in [1.82, 2.24) is 10.6 Å². The van der Waals surface area contributed by atoms with Crippen LogP contribution in [-0.4, -0.2) is 31.7 Å². The Morgan fingerprint density at radius 2 is 1.79 bits per heavy atom. The summed E-state index contributed by atoms with van der Waals surface area (Å²) in [6.07, 6.45) is -0.0715. The van der Waals surface area contributed by atoms with Gasteiger partial charge in [0.15, 0.2) is 5.96 Å². The maximum Gasteiger partial charge on any atom is 0.191 e. The standard InChI is InChI=1S/C14H22FN3O/c1-4-16-14(17-5-2)18-10-11(3)19-13-8-6-12(15)7-9-13/h6-9,11H,4-5,10H2,1-3H3,(H2,16,17,18). The van der Waals surface area contributed by atoms with Gasteiger partial charge in [-0.3, -0.25) is 0 Å². The summed E-state index contributed by atoms with van der Waals surface area (Å²) >= 11 is 0. The summed E-state index contributed by atoms with van der Waals surface area (Å²) < 4.78 is 18.4. The summed E-state index contributed by atoms with van der Waals surface area (Å²) in [6, 6.07) is 6.00. The van der Waals surface area contributed by atoms with Gasteiger partial charge in [-0.15, -0.1) is 0 Å². The van der Waals surface area contributed by atoms with Crippen LogP contribution in [0.25, 0.3) is 0 Å². The monoisotopic (exact) mass is 267 g/mol. The van der Waals surface area contributed by atoms with Crippen molar-refractivity contribution in [3.63, 3.8) is 0 Å². The molecular formula is C14H22FN3O. The maximum absolute atomic E-state index is 12.8. The molecule has 5 heteroatoms. The Bertz CT molecular complexity index is 384. The van der Waals surface area contributed by atoms with E-state index >= 15 is 0 Å². The van der Waals surface area contributed by atoms with Gasteiger partial charge in [-0.05, 0) is 45.0 Å². The normalized spacial score (nSPS) is 11.6. The van der Waals surface area contributed by atoms with Crippen LogP contribution in [0.3, 0.4) is 0 Å². The number of hydrogen-bond acceptors (Lipinski definition) is 2. The molecule has 0 saturated carbocycles. The Labute approximate surface area is 114 Å². The first kappa shape index (κ1) is 15.3. The minimum Gasteiger partial charge on any atom is -0.489 e. The lowest BCUT2D eigenvalue weighted by Crippen LogP contribution is -2.37. The second-order valence-corrected chi connectivity index (χ2v) is 4.13. The van der Waals surface area contributed by atoms with Crippen LogP contribution < -0.4 is 15.4 Å². The summed E-state index contributed by atoms with van der Waals surface area (Å²) in [5.74, 6) is 1.16. The van der Waals surface area contributed by atoms with Crippen molar-refractivity contribution >= 4 is 5.96 Å². The van der Waals surface area contributed by atoms with E-state index in [2.05, 4.69) is 15.6 Å². The molecule has 1 aromatic carbocycles. The summed E-state index contributed by atoms with van der Waals surface area (Å²) in [7, 11) is 0. The Morgan fingerprint density at radius 1 is 1.21 bits per heavy atom. The first-order valence-electron chi connectivity index (χ1n) is 6.60. The van der Waals surface area contributed by atoms with E-state index in [1.807, 2.05) is 20.8 Å². The highest BCUT2D eigenvalue weighted by Gasteiger charge is 2.04. The van der Waals surface area contributed by atoms with Crippen molar-refractivity contribution < 1.29 is 9.13 Å². The molecule has 4 nitrogen and oxygen atoms in total. The van der Waals surface area contributed by atoms with E-state index in [1.54, 1.807) is 12.1 Å². The number of aliphatic imine (C=N–C) groups is 1. The second kappa shape index (κ2) is 8.34. The van der Waals surface area contributed by atoms with E-state index in [1.165, 1.54) is 12.1 Å². The van der Waals surface area contributed by atoms with Crippen molar-refractivity contribution in [3.05, 3.63) is 30.1 Å². The van der Waals surface area contributed by atoms with Crippen molar-refractivity contribution in [2.45, 2.75) is 26.9 Å². The van der Waals surface area contributed by atoms with Crippen molar-refractivity contribution in [2.24, 2.45) is 4.99 Å². The van der Waals surface area contributed by atoms with E-state index in [-0.39, 0.29) is 11.9 Å². The van der Waals surface area contributed by atoms with Gasteiger partial charge in [0.2, 0.25) is 0 Å². The zero-order valence-electron chi connectivity index (χ0n) is 11.7. The smallest absolute Gasteiger partial charge is 0.191 e. The van der Waals surface area contributed by atoms with Crippen LogP contribution in [0.15, 0.2) is 29.3 Å². The molecule has 0 aliphatic carbocycles. The third kappa shape index (κ3) is 6.08. The van der Waals surface area contributed by atoms with Crippen molar-refractivity contribution in [1.29, 1.82) is 0 Å². The number of nitrogens with zero attached hydrogens (tertiary/aromatic N) is 1. The Kier molecular flexibility index (Phi) is 6.71. The fraction of sp³-hybridized carbons (Fsp3) is 0.500. The molecule has 0 aliphatic heterocycles. The molecule has 1 rings (SSSR count). The molecule has 0 fully saturated rings. The fourth-order valence-corrected chi connectivity index (χ4v) is 1.51. The van der Waals surface area contributed by atoms with E-state index < -0.39 is 0 Å². The van der Waals surface area contributed by atoms with Crippen LogP contribution in [-0.2, 0) is 0 Å². The molecule has 0 aliphatic rings. The lowest BCUT2D eigenvalue weighted by atomic mass is 10.3. The van der Waals surface area contributed by atoms with E-state index in [4.69, 9.17) is 4.74 Å². The number of guanidine groups is 1. The van der Waals surface area contributed by atoms with Gasteiger partial charge in [0.05, 0.1) is 6.54 Å². The van der Waals surface area contributed by atoms with E-state index in [0.717, 1.165) is 19.0 Å². The largest absolute Gasteiger partial charge is 0.489 e. The highest BCUT2D eigenvalue weighted by Crippen LogP contribution is 2.12. The first-order valence-corrected chi connectivity index (χ1v) is 6.60. The molecule has 0 radical (unpaired) electrons. The Morgan fingerprint density at radius 3 is 2.32 bits per heavy atom. The molecule has 106 valence electrons. The minimum absolute atomic E-state index is 0.0715. The lowest BCUT2D eigenvalue weighted by molar-refractivity contribution is 0.230. The molecule has 19 heavy (non-hydrogen) atoms. The van der Waals surface area contributed by atoms with Gasteiger partial charge in [-0.25, -0.2) is 9.38 Å². The highest BCUT2D eigenvalue weighted by atomic mass is 19.1. The van der Waals surface area contributed by atoms with Gasteiger partial charge in [-0.2, -0.15) is 0 Å². The zero-order chi connectivity index (χ0) is 14.1. The van der Waals surface area contributed by atoms with Crippen LogP contribution in [0.2, 0.25) is 0 Å². The maximum atomic E-state index is 12.8. The molecule has 1 atom stereocenters. The number of benzene rings is 1. The third-order valence-corrected chi connectivity index (χ3v) is 2.35. The number of nitrogens with one attached hydrogen (secondary N) is 2. The van der Waals surface area contributed by atoms with Gasteiger partial charge >= 0.3 is 0 Å². The number of ether oxygens (including phenoxy) is 1. The van der Waals surface area contributed by atoms with Crippen molar-refractivity contribution in [2.75, 3.05) is 19.6 Å². The highest BCUT2D eigenvalue weighted by molar-refractivity contribution is 5.79. The molecule has 0 heterocycles. The van der Waals surface area contributed by atoms with Crippen LogP contribution in [0.1, 0.15) is 20.8 Å². The topological polar surface area (TPSA) is 45.7 Å². The predicted octanol–water partition coefficient (Wildman–Crippen LogP) is 2.17. The van der Waals surface area contributed by atoms with E-state index in [0.29, 0.717) is 12.3 Å². The number of halogens is 1. The summed E-state index contributed by atoms with van der Waals surface area (Å²) in [4.78, 5) is 4.41. The van der Waals surface area contributed by atoms with Crippen molar-refractivity contribution in [3.8, 4) is 5.75 Å². The van der Waals surface area contributed by atoms with Crippen LogP contribution >= 0.6 is 0 Å². The van der Waals surface area contributed by atoms with Crippen LogP contribution in [0, 0.1) is 5.82 Å². The lowest BCUT2D eigenvalue weighted by Gasteiger charge is -2.14. The molecule has 0 bridgehead atoms. The number of hydrogen-bond donors (Lipinski definition) is 2. The molecule has 1 unspecified atom stereocenters. The Balaban J connectivity index is 2.47. The average Bonchev–Trinajstić information content (AvgIpc) is 2.39. The van der Waals surface area contributed by atoms with Gasteiger partial charge in [0.25, 0.3) is 0 Å². The molecule has 0 saturated heterocycles. The average molecular weight is 267 g/mol. The fourth-order valence-electron chi connectivity index (χ4n) is 1.51. The first-order chi connectivity index (χ1) is 9.15. The predicted molar refractivity (Wildman–Crippen MR) is 76.1 cm³/mol. The van der Waals surface area contributed by atoms with Crippen LogP contribution in [0.4, 0.5) is 4.39 Å². The molecule has 2 N–H and O–H groups in total.